The van der Waals surface area contributed by atoms with Crippen LogP contribution < -0.4 is 11.1 Å². The average Bonchev–Trinajstić information content (AvgIpc) is 2.59. The zero-order chi connectivity index (χ0) is 17.7. The van der Waals surface area contributed by atoms with Gasteiger partial charge in [0.25, 0.3) is 0 Å². The highest BCUT2D eigenvalue weighted by Crippen LogP contribution is 2.36. The largest absolute Gasteiger partial charge is 0.368 e. The highest BCUT2D eigenvalue weighted by atomic mass is 19.1. The second kappa shape index (κ2) is 9.30. The first kappa shape index (κ1) is 20.8. The summed E-state index contributed by atoms with van der Waals surface area (Å²) in [5.74, 6) is 0.861. The molecule has 1 unspecified atom stereocenters. The van der Waals surface area contributed by atoms with E-state index in [-0.39, 0.29) is 25.2 Å². The number of hydrogen-bond acceptors (Lipinski definition) is 5. The van der Waals surface area contributed by atoms with Crippen LogP contribution in [-0.2, 0) is 6.42 Å². The summed E-state index contributed by atoms with van der Waals surface area (Å²) in [5.41, 5.74) is 8.24. The van der Waals surface area contributed by atoms with Gasteiger partial charge in [0, 0.05) is 0 Å². The van der Waals surface area contributed by atoms with Crippen LogP contribution in [-0.4, -0.2) is 15.0 Å². The maximum absolute atomic E-state index is 13.5. The second-order valence-electron chi connectivity index (χ2n) is 5.83. The summed E-state index contributed by atoms with van der Waals surface area (Å²) in [5, 5.41) is 3.31. The van der Waals surface area contributed by atoms with E-state index in [2.05, 4.69) is 45.4 Å². The number of rotatable bonds is 3. The van der Waals surface area contributed by atoms with E-state index >= 15 is 0 Å². The van der Waals surface area contributed by atoms with Crippen molar-refractivity contribution >= 4 is 11.9 Å². The molecule has 1 aliphatic rings. The molecular weight excluding hydrogens is 317 g/mol. The average molecular weight is 347 g/mol. The van der Waals surface area contributed by atoms with Crippen LogP contribution in [0.1, 0.15) is 70.7 Å². The lowest BCUT2D eigenvalue weighted by Crippen LogP contribution is -2.26. The van der Waals surface area contributed by atoms with Crippen molar-refractivity contribution in [3.8, 4) is 0 Å². The van der Waals surface area contributed by atoms with Crippen LogP contribution >= 0.6 is 0 Å². The summed E-state index contributed by atoms with van der Waals surface area (Å²) in [6.07, 6.45) is 0.880. The molecule has 3 rings (SSSR count). The number of benzene rings is 1. The SMILES string of the molecule is C.CC.C[C@@H](F)c1nc(N)nc(NC2c3ccccc3CC[C@@H]2C)n1. The molecule has 138 valence electrons. The predicted octanol–water partition coefficient (Wildman–Crippen LogP) is 4.88. The molecule has 0 saturated heterocycles. The van der Waals surface area contributed by atoms with Crippen LogP contribution in [0, 0.1) is 5.92 Å². The number of aryl methyl sites for hydroxylation is 1. The molecular formula is C19H30FN5. The lowest BCUT2D eigenvalue weighted by atomic mass is 9.81. The van der Waals surface area contributed by atoms with Gasteiger partial charge < -0.3 is 11.1 Å². The summed E-state index contributed by atoms with van der Waals surface area (Å²) in [7, 11) is 0. The Labute approximate surface area is 150 Å². The second-order valence-corrected chi connectivity index (χ2v) is 5.83. The Hall–Kier alpha value is -2.24. The topological polar surface area (TPSA) is 76.7 Å². The maximum Gasteiger partial charge on any atom is 0.228 e. The van der Waals surface area contributed by atoms with Crippen molar-refractivity contribution in [3.05, 3.63) is 41.2 Å². The van der Waals surface area contributed by atoms with Crippen LogP contribution in [0.4, 0.5) is 16.3 Å². The van der Waals surface area contributed by atoms with Crippen molar-refractivity contribution in [2.24, 2.45) is 5.92 Å². The summed E-state index contributed by atoms with van der Waals surface area (Å²) >= 11 is 0. The van der Waals surface area contributed by atoms with Crippen LogP contribution in [0.2, 0.25) is 0 Å². The summed E-state index contributed by atoms with van der Waals surface area (Å²) in [6.45, 7) is 7.58. The Kier molecular flexibility index (Phi) is 7.74. The Bertz CT molecular complexity index is 675. The molecule has 3 N–H and O–H groups in total. The molecule has 1 aliphatic carbocycles. The smallest absolute Gasteiger partial charge is 0.228 e. The van der Waals surface area contributed by atoms with E-state index in [4.69, 9.17) is 5.73 Å². The summed E-state index contributed by atoms with van der Waals surface area (Å²) in [6, 6.07) is 8.44. The number of nitrogens with one attached hydrogen (secondary N) is 1. The number of nitrogens with zero attached hydrogens (tertiary/aromatic N) is 3. The molecule has 0 bridgehead atoms. The fraction of sp³-hybridized carbons (Fsp3) is 0.526. The van der Waals surface area contributed by atoms with Crippen molar-refractivity contribution in [2.45, 2.75) is 60.2 Å². The van der Waals surface area contributed by atoms with Crippen molar-refractivity contribution in [1.82, 2.24) is 15.0 Å². The van der Waals surface area contributed by atoms with Gasteiger partial charge in [-0.05, 0) is 36.8 Å². The molecule has 0 fully saturated rings. The van der Waals surface area contributed by atoms with E-state index in [1.54, 1.807) is 0 Å². The monoisotopic (exact) mass is 347 g/mol. The molecule has 6 heteroatoms. The van der Waals surface area contributed by atoms with Gasteiger partial charge in [-0.3, -0.25) is 0 Å². The van der Waals surface area contributed by atoms with E-state index in [9.17, 15) is 4.39 Å². The minimum atomic E-state index is -1.28. The Morgan fingerprint density at radius 1 is 1.20 bits per heavy atom. The van der Waals surface area contributed by atoms with Crippen molar-refractivity contribution < 1.29 is 4.39 Å². The molecule has 0 saturated carbocycles. The minimum absolute atomic E-state index is 0. The van der Waals surface area contributed by atoms with Crippen molar-refractivity contribution in [3.63, 3.8) is 0 Å². The molecule has 2 aromatic rings. The number of halogens is 1. The Balaban J connectivity index is 0.00000101. The third-order valence-corrected chi connectivity index (χ3v) is 4.14. The molecule has 1 aromatic heterocycles. The first-order valence-corrected chi connectivity index (χ1v) is 8.54. The summed E-state index contributed by atoms with van der Waals surface area (Å²) in [4.78, 5) is 12.1. The normalized spacial score (nSPS) is 19.6. The van der Waals surface area contributed by atoms with Gasteiger partial charge in [0.05, 0.1) is 6.04 Å². The summed E-state index contributed by atoms with van der Waals surface area (Å²) < 4.78 is 13.5. The molecule has 1 aromatic carbocycles. The maximum atomic E-state index is 13.5. The fourth-order valence-electron chi connectivity index (χ4n) is 2.93. The third kappa shape index (κ3) is 4.87. The number of nitrogen functional groups attached to an aromatic ring is 1. The quantitative estimate of drug-likeness (QED) is 0.827. The van der Waals surface area contributed by atoms with Crippen molar-refractivity contribution in [2.75, 3.05) is 11.1 Å². The van der Waals surface area contributed by atoms with Crippen LogP contribution in [0.15, 0.2) is 24.3 Å². The lowest BCUT2D eigenvalue weighted by molar-refractivity contribution is 0.356. The highest BCUT2D eigenvalue weighted by Gasteiger charge is 2.27. The van der Waals surface area contributed by atoms with Crippen LogP contribution in [0.3, 0.4) is 0 Å². The first-order chi connectivity index (χ1) is 11.5. The molecule has 0 amide bonds. The third-order valence-electron chi connectivity index (χ3n) is 4.14. The Morgan fingerprint density at radius 3 is 2.56 bits per heavy atom. The number of hydrogen-bond donors (Lipinski definition) is 2. The number of anilines is 2. The van der Waals surface area contributed by atoms with Gasteiger partial charge in [-0.25, -0.2) is 4.39 Å². The van der Waals surface area contributed by atoms with Gasteiger partial charge in [0.1, 0.15) is 0 Å². The molecule has 1 heterocycles. The number of aromatic nitrogens is 3. The van der Waals surface area contributed by atoms with E-state index in [1.165, 1.54) is 18.1 Å². The fourth-order valence-corrected chi connectivity index (χ4v) is 2.93. The van der Waals surface area contributed by atoms with Gasteiger partial charge >= 0.3 is 0 Å². The number of alkyl halides is 1. The Morgan fingerprint density at radius 2 is 1.88 bits per heavy atom. The number of fused-ring (bicyclic) bond motifs is 1. The molecule has 25 heavy (non-hydrogen) atoms. The van der Waals surface area contributed by atoms with E-state index < -0.39 is 6.17 Å². The zero-order valence-electron chi connectivity index (χ0n) is 14.8. The van der Waals surface area contributed by atoms with Crippen LogP contribution in [0.25, 0.3) is 0 Å². The van der Waals surface area contributed by atoms with Gasteiger partial charge in [-0.15, -0.1) is 0 Å². The molecule has 3 atom stereocenters. The van der Waals surface area contributed by atoms with E-state index in [0.717, 1.165) is 12.8 Å². The number of nitrogens with two attached hydrogens (primary N) is 1. The predicted molar refractivity (Wildman–Crippen MR) is 102 cm³/mol. The first-order valence-electron chi connectivity index (χ1n) is 8.54. The standard InChI is InChI=1S/C16H20FN5.C2H6.CH4/c1-9-7-8-11-5-3-4-6-12(11)13(9)19-16-21-14(10(2)17)20-15(18)22-16;1-2;/h3-6,9-10,13H,7-8H2,1-2H3,(H3,18,19,20,21,22);1-2H3;1H4/t9-,10+,13?;;/m0../s1. The van der Waals surface area contributed by atoms with Gasteiger partial charge in [-0.2, -0.15) is 15.0 Å². The van der Waals surface area contributed by atoms with Crippen molar-refractivity contribution in [1.29, 1.82) is 0 Å². The zero-order valence-corrected chi connectivity index (χ0v) is 14.8. The van der Waals surface area contributed by atoms with E-state index in [0.29, 0.717) is 11.9 Å². The molecule has 0 aliphatic heterocycles. The highest BCUT2D eigenvalue weighted by molar-refractivity contribution is 5.40. The van der Waals surface area contributed by atoms with Crippen LogP contribution in [0.5, 0.6) is 0 Å². The van der Waals surface area contributed by atoms with Gasteiger partial charge in [0.2, 0.25) is 11.9 Å². The molecule has 0 spiro atoms. The molecule has 5 nitrogen and oxygen atoms in total. The minimum Gasteiger partial charge on any atom is -0.368 e. The lowest BCUT2D eigenvalue weighted by Gasteiger charge is -2.32. The van der Waals surface area contributed by atoms with Gasteiger partial charge in [0.15, 0.2) is 12.0 Å². The van der Waals surface area contributed by atoms with E-state index in [1.807, 2.05) is 19.9 Å². The molecule has 0 radical (unpaired) electrons. The van der Waals surface area contributed by atoms with Gasteiger partial charge in [-0.1, -0.05) is 52.5 Å².